The Morgan fingerprint density at radius 3 is 2.41 bits per heavy atom. The zero-order valence-electron chi connectivity index (χ0n) is 17.0. The number of azide groups is 1. The number of carboxylic acid groups (broad SMARTS) is 1. The molecule has 2 heterocycles. The number of piperazine rings is 1. The van der Waals surface area contributed by atoms with E-state index in [9.17, 15) is 9.59 Å². The van der Waals surface area contributed by atoms with Gasteiger partial charge < -0.3 is 14.9 Å². The number of hydrogen-bond acceptors (Lipinski definition) is 4. The average Bonchev–Trinajstić information content (AvgIpc) is 2.82. The summed E-state index contributed by atoms with van der Waals surface area (Å²) in [5.74, 6) is -0.164. The van der Waals surface area contributed by atoms with Crippen molar-refractivity contribution in [1.82, 2.24) is 14.8 Å². The molecule has 0 saturated carbocycles. The normalized spacial score (nSPS) is 13.7. The molecule has 1 aliphatic rings. The number of aromatic nitrogens is 1. The molecule has 1 N–H and O–H groups in total. The lowest BCUT2D eigenvalue weighted by Gasteiger charge is -2.33. The van der Waals surface area contributed by atoms with E-state index < -0.39 is 6.09 Å². The number of carbonyl (C=O) groups excluding carboxylic acids is 1. The molecule has 0 unspecified atom stereocenters. The first-order valence-electron chi connectivity index (χ1n) is 9.94. The van der Waals surface area contributed by atoms with Crippen LogP contribution in [0.3, 0.4) is 0 Å². The molecule has 32 heavy (non-hydrogen) atoms. The van der Waals surface area contributed by atoms with E-state index in [1.807, 2.05) is 24.3 Å². The van der Waals surface area contributed by atoms with Crippen LogP contribution in [0.15, 0.2) is 53.6 Å². The van der Waals surface area contributed by atoms with Crippen LogP contribution in [0.25, 0.3) is 32.6 Å². The quantitative estimate of drug-likeness (QED) is 0.348. The van der Waals surface area contributed by atoms with Crippen LogP contribution in [0.1, 0.15) is 15.9 Å². The summed E-state index contributed by atoms with van der Waals surface area (Å²) >= 11 is 6.49. The molecule has 9 nitrogen and oxygen atoms in total. The second-order valence-corrected chi connectivity index (χ2v) is 7.78. The van der Waals surface area contributed by atoms with Crippen LogP contribution in [0, 0.1) is 0 Å². The van der Waals surface area contributed by atoms with Gasteiger partial charge in [-0.1, -0.05) is 47.0 Å². The standard InChI is InChI=1S/C22H19ClN6O3/c23-18-12-19(15-3-1-14(2-4-15)13-25-27-24)26-20-11-16(5-6-17(18)20)21(30)28-7-9-29(10-8-28)22(31)32/h1-6,11-12H,7-10,13H2,(H,31,32). The van der Waals surface area contributed by atoms with E-state index in [2.05, 4.69) is 10.0 Å². The highest BCUT2D eigenvalue weighted by molar-refractivity contribution is 6.35. The van der Waals surface area contributed by atoms with Crippen LogP contribution < -0.4 is 0 Å². The number of pyridine rings is 1. The number of halogens is 1. The van der Waals surface area contributed by atoms with E-state index in [0.29, 0.717) is 48.0 Å². The van der Waals surface area contributed by atoms with Gasteiger partial charge >= 0.3 is 6.09 Å². The summed E-state index contributed by atoms with van der Waals surface area (Å²) < 4.78 is 0. The van der Waals surface area contributed by atoms with Crippen molar-refractivity contribution in [1.29, 1.82) is 0 Å². The van der Waals surface area contributed by atoms with Crippen LogP contribution in [0.4, 0.5) is 4.79 Å². The molecule has 162 valence electrons. The SMILES string of the molecule is [N-]=[N+]=NCc1ccc(-c2cc(Cl)c3ccc(C(=O)N4CCN(C(=O)O)CC4)cc3n2)cc1. The zero-order chi connectivity index (χ0) is 22.7. The van der Waals surface area contributed by atoms with Gasteiger partial charge in [-0.05, 0) is 29.3 Å². The lowest BCUT2D eigenvalue weighted by atomic mass is 10.1. The molecule has 4 rings (SSSR count). The Bertz CT molecular complexity index is 1230. The van der Waals surface area contributed by atoms with Crippen LogP contribution in [0.2, 0.25) is 5.02 Å². The summed E-state index contributed by atoms with van der Waals surface area (Å²) in [6.07, 6.45) is -0.972. The summed E-state index contributed by atoms with van der Waals surface area (Å²) in [6, 6.07) is 14.5. The van der Waals surface area contributed by atoms with Gasteiger partial charge in [-0.2, -0.15) is 0 Å². The molecular weight excluding hydrogens is 432 g/mol. The van der Waals surface area contributed by atoms with Gasteiger partial charge in [-0.25, -0.2) is 9.78 Å². The molecule has 0 spiro atoms. The molecule has 1 fully saturated rings. The van der Waals surface area contributed by atoms with Crippen molar-refractivity contribution in [2.45, 2.75) is 6.54 Å². The molecule has 0 aliphatic carbocycles. The molecule has 1 aliphatic heterocycles. The third-order valence-electron chi connectivity index (χ3n) is 5.41. The molecule has 0 radical (unpaired) electrons. The summed E-state index contributed by atoms with van der Waals surface area (Å²) in [6.45, 7) is 1.55. The van der Waals surface area contributed by atoms with Crippen molar-refractivity contribution in [2.24, 2.45) is 5.11 Å². The van der Waals surface area contributed by atoms with E-state index >= 15 is 0 Å². The van der Waals surface area contributed by atoms with Crippen LogP contribution in [-0.2, 0) is 6.54 Å². The minimum absolute atomic E-state index is 0.164. The first-order chi connectivity index (χ1) is 15.5. The second-order valence-electron chi connectivity index (χ2n) is 7.37. The summed E-state index contributed by atoms with van der Waals surface area (Å²) in [5.41, 5.74) is 11.9. The molecule has 2 amide bonds. The second kappa shape index (κ2) is 9.13. The topological polar surface area (TPSA) is 122 Å². The minimum Gasteiger partial charge on any atom is -0.465 e. The lowest BCUT2D eigenvalue weighted by Crippen LogP contribution is -2.50. The van der Waals surface area contributed by atoms with Crippen molar-refractivity contribution >= 4 is 34.5 Å². The van der Waals surface area contributed by atoms with Crippen molar-refractivity contribution in [3.8, 4) is 11.3 Å². The number of fused-ring (bicyclic) bond motifs is 1. The fraction of sp³-hybridized carbons (Fsp3) is 0.227. The number of rotatable bonds is 4. The van der Waals surface area contributed by atoms with Gasteiger partial charge in [0.1, 0.15) is 0 Å². The average molecular weight is 451 g/mol. The highest BCUT2D eigenvalue weighted by Gasteiger charge is 2.24. The van der Waals surface area contributed by atoms with E-state index in [1.165, 1.54) is 4.90 Å². The third-order valence-corrected chi connectivity index (χ3v) is 5.72. The Balaban J connectivity index is 1.60. The largest absolute Gasteiger partial charge is 0.465 e. The number of carbonyl (C=O) groups is 2. The maximum absolute atomic E-state index is 12.9. The molecule has 10 heteroatoms. The van der Waals surface area contributed by atoms with Gasteiger partial charge in [0, 0.05) is 47.6 Å². The van der Waals surface area contributed by atoms with Crippen LogP contribution in [-0.4, -0.2) is 58.1 Å². The summed E-state index contributed by atoms with van der Waals surface area (Å²) in [4.78, 5) is 34.4. The Kier molecular flexibility index (Phi) is 6.11. The number of benzene rings is 2. The van der Waals surface area contributed by atoms with Gasteiger partial charge in [-0.15, -0.1) is 0 Å². The van der Waals surface area contributed by atoms with Gasteiger partial charge in [-0.3, -0.25) is 4.79 Å². The zero-order valence-corrected chi connectivity index (χ0v) is 17.7. The van der Waals surface area contributed by atoms with Crippen molar-refractivity contribution in [2.75, 3.05) is 26.2 Å². The maximum Gasteiger partial charge on any atom is 0.407 e. The fourth-order valence-corrected chi connectivity index (χ4v) is 3.91. The number of hydrogen-bond donors (Lipinski definition) is 1. The van der Waals surface area contributed by atoms with Gasteiger partial charge in [0.2, 0.25) is 0 Å². The highest BCUT2D eigenvalue weighted by atomic mass is 35.5. The first kappa shape index (κ1) is 21.4. The Labute approximate surface area is 188 Å². The Hall–Kier alpha value is -3.81. The molecule has 0 atom stereocenters. The van der Waals surface area contributed by atoms with Crippen LogP contribution >= 0.6 is 11.6 Å². The van der Waals surface area contributed by atoms with Crippen molar-refractivity contribution in [3.05, 3.63) is 75.1 Å². The van der Waals surface area contributed by atoms with E-state index in [-0.39, 0.29) is 12.5 Å². The molecule has 1 aromatic heterocycles. The third kappa shape index (κ3) is 4.44. The number of nitrogens with zero attached hydrogens (tertiary/aromatic N) is 6. The first-order valence-corrected chi connectivity index (χ1v) is 10.3. The molecular formula is C22H19ClN6O3. The van der Waals surface area contributed by atoms with E-state index in [0.717, 1.165) is 16.5 Å². The predicted molar refractivity (Wildman–Crippen MR) is 121 cm³/mol. The minimum atomic E-state index is -0.972. The molecule has 2 aromatic carbocycles. The lowest BCUT2D eigenvalue weighted by molar-refractivity contribution is 0.0625. The van der Waals surface area contributed by atoms with Gasteiger partial charge in [0.25, 0.3) is 5.91 Å². The van der Waals surface area contributed by atoms with Crippen LogP contribution in [0.5, 0.6) is 0 Å². The predicted octanol–water partition coefficient (Wildman–Crippen LogP) is 4.80. The monoisotopic (exact) mass is 450 g/mol. The van der Waals surface area contributed by atoms with Gasteiger partial charge in [0.05, 0.1) is 22.8 Å². The smallest absolute Gasteiger partial charge is 0.407 e. The fourth-order valence-electron chi connectivity index (χ4n) is 3.64. The molecule has 1 saturated heterocycles. The summed E-state index contributed by atoms with van der Waals surface area (Å²) in [5, 5.41) is 13.9. The van der Waals surface area contributed by atoms with E-state index in [1.54, 1.807) is 29.2 Å². The van der Waals surface area contributed by atoms with E-state index in [4.69, 9.17) is 27.2 Å². The maximum atomic E-state index is 12.9. The summed E-state index contributed by atoms with van der Waals surface area (Å²) in [7, 11) is 0. The highest BCUT2D eigenvalue weighted by Crippen LogP contribution is 2.29. The number of amides is 2. The Morgan fingerprint density at radius 1 is 1.06 bits per heavy atom. The van der Waals surface area contributed by atoms with Gasteiger partial charge in [0.15, 0.2) is 0 Å². The Morgan fingerprint density at radius 2 is 1.75 bits per heavy atom. The molecule has 0 bridgehead atoms. The van der Waals surface area contributed by atoms with Crippen molar-refractivity contribution in [3.63, 3.8) is 0 Å². The molecule has 3 aromatic rings. The van der Waals surface area contributed by atoms with Crippen molar-refractivity contribution < 1.29 is 14.7 Å².